The summed E-state index contributed by atoms with van der Waals surface area (Å²) in [5.41, 5.74) is 6.87. The fourth-order valence-corrected chi connectivity index (χ4v) is 2.27. The van der Waals surface area contributed by atoms with Gasteiger partial charge in [-0.3, -0.25) is 0 Å². The molecule has 1 unspecified atom stereocenters. The van der Waals surface area contributed by atoms with E-state index in [2.05, 4.69) is 11.9 Å². The lowest BCUT2D eigenvalue weighted by atomic mass is 10.2. The molecule has 0 spiro atoms. The van der Waals surface area contributed by atoms with Gasteiger partial charge in [-0.05, 0) is 18.6 Å². The summed E-state index contributed by atoms with van der Waals surface area (Å²) in [6.07, 6.45) is 3.71. The van der Waals surface area contributed by atoms with E-state index in [0.29, 0.717) is 0 Å². The molecule has 0 bridgehead atoms. The molecule has 2 rings (SSSR count). The second-order valence-electron chi connectivity index (χ2n) is 3.44. The zero-order chi connectivity index (χ0) is 10.7. The zero-order valence-electron chi connectivity index (χ0n) is 8.64. The van der Waals surface area contributed by atoms with E-state index in [0.717, 1.165) is 29.3 Å². The monoisotopic (exact) mass is 222 g/mol. The fourth-order valence-electron chi connectivity index (χ4n) is 1.43. The summed E-state index contributed by atoms with van der Waals surface area (Å²) in [5, 5.41) is 2.98. The van der Waals surface area contributed by atoms with Crippen LogP contribution in [-0.4, -0.2) is 4.98 Å². The van der Waals surface area contributed by atoms with Gasteiger partial charge < -0.3 is 10.2 Å². The van der Waals surface area contributed by atoms with Crippen molar-refractivity contribution in [2.45, 2.75) is 25.8 Å². The molecule has 15 heavy (non-hydrogen) atoms. The smallest absolute Gasteiger partial charge is 0.153 e. The third-order valence-corrected chi connectivity index (χ3v) is 3.19. The predicted molar refractivity (Wildman–Crippen MR) is 61.7 cm³/mol. The summed E-state index contributed by atoms with van der Waals surface area (Å²) in [6.45, 7) is 2.13. The average Bonchev–Trinajstić information content (AvgIpc) is 2.89. The lowest BCUT2D eigenvalue weighted by Gasteiger charge is -2.04. The number of hydrogen-bond acceptors (Lipinski definition) is 4. The normalized spacial score (nSPS) is 12.9. The summed E-state index contributed by atoms with van der Waals surface area (Å²) in [5.74, 6) is 0.807. The van der Waals surface area contributed by atoms with Gasteiger partial charge in [0.05, 0.1) is 12.3 Å². The van der Waals surface area contributed by atoms with E-state index >= 15 is 0 Å². The van der Waals surface area contributed by atoms with Crippen LogP contribution in [0.4, 0.5) is 0 Å². The molecule has 0 amide bonds. The average molecular weight is 222 g/mol. The van der Waals surface area contributed by atoms with Gasteiger partial charge in [0.15, 0.2) is 5.76 Å². The molecule has 3 nitrogen and oxygen atoms in total. The van der Waals surface area contributed by atoms with E-state index in [9.17, 15) is 0 Å². The first-order valence-electron chi connectivity index (χ1n) is 5.06. The van der Waals surface area contributed by atoms with Gasteiger partial charge in [-0.25, -0.2) is 4.98 Å². The number of aromatic nitrogens is 1. The second kappa shape index (κ2) is 4.59. The first-order valence-corrected chi connectivity index (χ1v) is 5.94. The molecule has 2 aromatic heterocycles. The second-order valence-corrected chi connectivity index (χ2v) is 4.33. The van der Waals surface area contributed by atoms with Crippen molar-refractivity contribution >= 4 is 11.3 Å². The van der Waals surface area contributed by atoms with Crippen molar-refractivity contribution < 1.29 is 4.42 Å². The maximum Gasteiger partial charge on any atom is 0.153 e. The molecule has 2 heterocycles. The van der Waals surface area contributed by atoms with Crippen molar-refractivity contribution in [2.75, 3.05) is 0 Å². The Balaban J connectivity index is 2.17. The highest BCUT2D eigenvalue weighted by Gasteiger charge is 2.11. The van der Waals surface area contributed by atoms with Crippen LogP contribution < -0.4 is 5.73 Å². The van der Waals surface area contributed by atoms with Crippen LogP contribution >= 0.6 is 11.3 Å². The number of hydrogen-bond donors (Lipinski definition) is 1. The van der Waals surface area contributed by atoms with Gasteiger partial charge in [-0.2, -0.15) is 0 Å². The summed E-state index contributed by atoms with van der Waals surface area (Å²) >= 11 is 1.60. The third-order valence-electron chi connectivity index (χ3n) is 2.21. The molecule has 0 fully saturated rings. The first kappa shape index (κ1) is 10.4. The molecule has 0 aromatic carbocycles. The lowest BCUT2D eigenvalue weighted by Crippen LogP contribution is -2.09. The summed E-state index contributed by atoms with van der Waals surface area (Å²) < 4.78 is 5.28. The first-order chi connectivity index (χ1) is 7.31. The van der Waals surface area contributed by atoms with Crippen LogP contribution in [0.5, 0.6) is 0 Å². The van der Waals surface area contributed by atoms with Crippen LogP contribution in [-0.2, 0) is 0 Å². The molecule has 2 aromatic rings. The fraction of sp³-hybridized carbons (Fsp3) is 0.364. The van der Waals surface area contributed by atoms with Crippen LogP contribution in [0, 0.1) is 0 Å². The Morgan fingerprint density at radius 3 is 3.13 bits per heavy atom. The topological polar surface area (TPSA) is 52.0 Å². The van der Waals surface area contributed by atoms with Gasteiger partial charge in [0.2, 0.25) is 0 Å². The van der Waals surface area contributed by atoms with Crippen molar-refractivity contribution in [1.29, 1.82) is 0 Å². The highest BCUT2D eigenvalue weighted by molar-refractivity contribution is 7.10. The maximum absolute atomic E-state index is 5.99. The largest absolute Gasteiger partial charge is 0.463 e. The highest BCUT2D eigenvalue weighted by atomic mass is 32.1. The molecule has 0 aliphatic heterocycles. The van der Waals surface area contributed by atoms with Gasteiger partial charge in [-0.15, -0.1) is 11.3 Å². The van der Waals surface area contributed by atoms with Crippen molar-refractivity contribution in [1.82, 2.24) is 4.98 Å². The van der Waals surface area contributed by atoms with E-state index in [1.807, 2.05) is 17.5 Å². The molecular formula is C11H14N2OS. The van der Waals surface area contributed by atoms with Crippen LogP contribution in [0.3, 0.4) is 0 Å². The molecule has 0 radical (unpaired) electrons. The van der Waals surface area contributed by atoms with Crippen LogP contribution in [0.1, 0.15) is 30.8 Å². The van der Waals surface area contributed by atoms with Crippen molar-refractivity contribution in [2.24, 2.45) is 5.73 Å². The van der Waals surface area contributed by atoms with Gasteiger partial charge in [0.25, 0.3) is 0 Å². The molecular weight excluding hydrogens is 208 g/mol. The molecule has 0 aliphatic carbocycles. The maximum atomic E-state index is 5.99. The molecule has 0 saturated carbocycles. The SMILES string of the molecule is CCCC(N)c1nc(-c2ccco2)cs1. The summed E-state index contributed by atoms with van der Waals surface area (Å²) in [7, 11) is 0. The molecule has 80 valence electrons. The quantitative estimate of drug-likeness (QED) is 0.864. The Bertz CT molecular complexity index is 408. The van der Waals surface area contributed by atoms with Gasteiger partial charge in [-0.1, -0.05) is 13.3 Å². The Morgan fingerprint density at radius 2 is 2.47 bits per heavy atom. The Kier molecular flexibility index (Phi) is 3.18. The van der Waals surface area contributed by atoms with Crippen molar-refractivity contribution in [3.8, 4) is 11.5 Å². The Hall–Kier alpha value is -1.13. The predicted octanol–water partition coefficient (Wildman–Crippen LogP) is 3.20. The minimum atomic E-state index is 0.0590. The standard InChI is InChI=1S/C11H14N2OS/c1-2-4-8(12)11-13-9(7-15-11)10-5-3-6-14-10/h3,5-8H,2,4,12H2,1H3. The van der Waals surface area contributed by atoms with Crippen LogP contribution in [0.15, 0.2) is 28.2 Å². The number of nitrogens with zero attached hydrogens (tertiary/aromatic N) is 1. The lowest BCUT2D eigenvalue weighted by molar-refractivity contribution is 0.579. The Labute approximate surface area is 92.9 Å². The Morgan fingerprint density at radius 1 is 1.60 bits per heavy atom. The summed E-state index contributed by atoms with van der Waals surface area (Å²) in [4.78, 5) is 4.47. The number of nitrogens with two attached hydrogens (primary N) is 1. The summed E-state index contributed by atoms with van der Waals surface area (Å²) in [6, 6.07) is 3.83. The van der Waals surface area contributed by atoms with Gasteiger partial charge >= 0.3 is 0 Å². The van der Waals surface area contributed by atoms with E-state index in [-0.39, 0.29) is 6.04 Å². The van der Waals surface area contributed by atoms with E-state index < -0.39 is 0 Å². The van der Waals surface area contributed by atoms with E-state index in [1.54, 1.807) is 17.6 Å². The zero-order valence-corrected chi connectivity index (χ0v) is 9.46. The molecule has 1 atom stereocenters. The molecule has 2 N–H and O–H groups in total. The minimum absolute atomic E-state index is 0.0590. The van der Waals surface area contributed by atoms with Crippen molar-refractivity contribution in [3.63, 3.8) is 0 Å². The molecule has 0 aliphatic rings. The van der Waals surface area contributed by atoms with E-state index in [1.165, 1.54) is 0 Å². The molecule has 0 saturated heterocycles. The number of rotatable bonds is 4. The van der Waals surface area contributed by atoms with Crippen molar-refractivity contribution in [3.05, 3.63) is 28.8 Å². The van der Waals surface area contributed by atoms with E-state index in [4.69, 9.17) is 10.2 Å². The van der Waals surface area contributed by atoms with Gasteiger partial charge in [0, 0.05) is 5.38 Å². The number of thiazole rings is 1. The minimum Gasteiger partial charge on any atom is -0.463 e. The third kappa shape index (κ3) is 2.27. The van der Waals surface area contributed by atoms with Gasteiger partial charge in [0.1, 0.15) is 10.7 Å². The highest BCUT2D eigenvalue weighted by Crippen LogP contribution is 2.26. The number of furan rings is 1. The molecule has 4 heteroatoms. The van der Waals surface area contributed by atoms with Crippen LogP contribution in [0.25, 0.3) is 11.5 Å². The van der Waals surface area contributed by atoms with Crippen LogP contribution in [0.2, 0.25) is 0 Å².